The lowest BCUT2D eigenvalue weighted by Gasteiger charge is -2.37. The number of rotatable bonds is 4. The highest BCUT2D eigenvalue weighted by molar-refractivity contribution is 7.86. The van der Waals surface area contributed by atoms with E-state index in [1.54, 1.807) is 28.6 Å². The Labute approximate surface area is 160 Å². The average molecular weight is 400 g/mol. The molecule has 0 bridgehead atoms. The van der Waals surface area contributed by atoms with Gasteiger partial charge in [-0.1, -0.05) is 18.5 Å². The average Bonchev–Trinajstić information content (AvgIpc) is 2.64. The van der Waals surface area contributed by atoms with Gasteiger partial charge < -0.3 is 5.32 Å². The first kappa shape index (κ1) is 19.6. The van der Waals surface area contributed by atoms with Crippen molar-refractivity contribution < 1.29 is 13.2 Å². The van der Waals surface area contributed by atoms with E-state index >= 15 is 0 Å². The van der Waals surface area contributed by atoms with Gasteiger partial charge in [-0.05, 0) is 55.9 Å². The maximum absolute atomic E-state index is 12.9. The van der Waals surface area contributed by atoms with Gasteiger partial charge in [-0.25, -0.2) is 0 Å². The first-order valence-electron chi connectivity index (χ1n) is 9.18. The zero-order chi connectivity index (χ0) is 18.7. The van der Waals surface area contributed by atoms with Gasteiger partial charge in [0.05, 0.1) is 5.92 Å². The quantitative estimate of drug-likeness (QED) is 0.846. The molecule has 1 N–H and O–H groups in total. The molecule has 0 radical (unpaired) electrons. The van der Waals surface area contributed by atoms with Crippen molar-refractivity contribution in [1.82, 2.24) is 8.61 Å². The summed E-state index contributed by atoms with van der Waals surface area (Å²) < 4.78 is 28.9. The van der Waals surface area contributed by atoms with E-state index in [9.17, 15) is 13.2 Å². The summed E-state index contributed by atoms with van der Waals surface area (Å²) in [7, 11) is -3.48. The first-order chi connectivity index (χ1) is 12.4. The summed E-state index contributed by atoms with van der Waals surface area (Å²) in [5, 5.41) is 3.47. The number of hydrogen-bond donors (Lipinski definition) is 1. The number of carbonyl (C=O) groups is 1. The standard InChI is InChI=1S/C18H26ClN3O3S/c1-14-8-11-21(12-9-14)26(24,25)22-10-2-3-15(13-22)18(23)20-17-6-4-16(19)5-7-17/h4-7,14-15H,2-3,8-13H2,1H3,(H,20,23). The summed E-state index contributed by atoms with van der Waals surface area (Å²) in [6.07, 6.45) is 3.19. The number of hydrogen-bond acceptors (Lipinski definition) is 3. The Bertz CT molecular complexity index is 731. The van der Waals surface area contributed by atoms with Crippen LogP contribution in [-0.4, -0.2) is 49.1 Å². The van der Waals surface area contributed by atoms with Crippen molar-refractivity contribution in [2.45, 2.75) is 32.6 Å². The molecule has 2 aliphatic heterocycles. The Morgan fingerprint density at radius 1 is 1.08 bits per heavy atom. The zero-order valence-corrected chi connectivity index (χ0v) is 16.6. The van der Waals surface area contributed by atoms with Gasteiger partial charge in [0.15, 0.2) is 0 Å². The third-order valence-electron chi connectivity index (χ3n) is 5.26. The molecule has 8 heteroatoms. The smallest absolute Gasteiger partial charge is 0.281 e. The molecule has 1 atom stereocenters. The zero-order valence-electron chi connectivity index (χ0n) is 15.0. The molecule has 0 saturated carbocycles. The predicted molar refractivity (Wildman–Crippen MR) is 103 cm³/mol. The fourth-order valence-electron chi connectivity index (χ4n) is 3.52. The van der Waals surface area contributed by atoms with Crippen LogP contribution in [0.1, 0.15) is 32.6 Å². The molecule has 1 aromatic carbocycles. The largest absolute Gasteiger partial charge is 0.326 e. The predicted octanol–water partition coefficient (Wildman–Crippen LogP) is 2.97. The summed E-state index contributed by atoms with van der Waals surface area (Å²) in [5.41, 5.74) is 0.671. The van der Waals surface area contributed by atoms with Crippen molar-refractivity contribution in [1.29, 1.82) is 0 Å². The third-order valence-corrected chi connectivity index (χ3v) is 7.52. The van der Waals surface area contributed by atoms with Crippen molar-refractivity contribution in [2.24, 2.45) is 11.8 Å². The highest BCUT2D eigenvalue weighted by Crippen LogP contribution is 2.26. The topological polar surface area (TPSA) is 69.7 Å². The highest BCUT2D eigenvalue weighted by Gasteiger charge is 2.36. The number of amides is 1. The molecule has 26 heavy (non-hydrogen) atoms. The number of nitrogens with zero attached hydrogens (tertiary/aromatic N) is 2. The Morgan fingerprint density at radius 3 is 2.38 bits per heavy atom. The first-order valence-corrected chi connectivity index (χ1v) is 11.0. The second-order valence-corrected chi connectivity index (χ2v) is 9.65. The number of anilines is 1. The maximum atomic E-state index is 12.9. The highest BCUT2D eigenvalue weighted by atomic mass is 35.5. The Hall–Kier alpha value is -1.15. The fraction of sp³-hybridized carbons (Fsp3) is 0.611. The van der Waals surface area contributed by atoms with E-state index in [4.69, 9.17) is 11.6 Å². The second-order valence-electron chi connectivity index (χ2n) is 7.28. The summed E-state index contributed by atoms with van der Waals surface area (Å²) in [4.78, 5) is 12.6. The summed E-state index contributed by atoms with van der Waals surface area (Å²) in [6.45, 7) is 4.03. The fourth-order valence-corrected chi connectivity index (χ4v) is 5.38. The van der Waals surface area contributed by atoms with Crippen molar-refractivity contribution >= 4 is 33.4 Å². The van der Waals surface area contributed by atoms with E-state index in [1.807, 2.05) is 0 Å². The van der Waals surface area contributed by atoms with Crippen molar-refractivity contribution in [3.05, 3.63) is 29.3 Å². The van der Waals surface area contributed by atoms with Crippen molar-refractivity contribution in [3.63, 3.8) is 0 Å². The number of carbonyl (C=O) groups excluding carboxylic acids is 1. The number of halogens is 1. The molecule has 1 amide bonds. The van der Waals surface area contributed by atoms with Gasteiger partial charge in [-0.3, -0.25) is 4.79 Å². The lowest BCUT2D eigenvalue weighted by Crippen LogP contribution is -2.51. The molecule has 2 saturated heterocycles. The van der Waals surface area contributed by atoms with Gasteiger partial charge >= 0.3 is 0 Å². The molecule has 0 aromatic heterocycles. The van der Waals surface area contributed by atoms with Crippen LogP contribution in [0.4, 0.5) is 5.69 Å². The summed E-state index contributed by atoms with van der Waals surface area (Å²) >= 11 is 5.86. The second kappa shape index (κ2) is 8.25. The molecular formula is C18H26ClN3O3S. The van der Waals surface area contributed by atoms with Gasteiger partial charge in [0.1, 0.15) is 0 Å². The summed E-state index contributed by atoms with van der Waals surface area (Å²) in [6, 6.07) is 6.91. The van der Waals surface area contributed by atoms with Gasteiger partial charge in [0.2, 0.25) is 5.91 Å². The molecule has 2 aliphatic rings. The van der Waals surface area contributed by atoms with E-state index < -0.39 is 10.2 Å². The van der Waals surface area contributed by atoms with E-state index in [1.165, 1.54) is 4.31 Å². The third kappa shape index (κ3) is 4.57. The van der Waals surface area contributed by atoms with Crippen LogP contribution in [0.25, 0.3) is 0 Å². The van der Waals surface area contributed by atoms with Gasteiger partial charge in [-0.15, -0.1) is 0 Å². The Balaban J connectivity index is 1.62. The van der Waals surface area contributed by atoms with Crippen LogP contribution in [0.5, 0.6) is 0 Å². The van der Waals surface area contributed by atoms with E-state index in [0.717, 1.165) is 12.8 Å². The SMILES string of the molecule is CC1CCN(S(=O)(=O)N2CCCC(C(=O)Nc3ccc(Cl)cc3)C2)CC1. The Morgan fingerprint density at radius 2 is 1.73 bits per heavy atom. The maximum Gasteiger partial charge on any atom is 0.281 e. The lowest BCUT2D eigenvalue weighted by molar-refractivity contribution is -0.120. The molecular weight excluding hydrogens is 374 g/mol. The minimum Gasteiger partial charge on any atom is -0.326 e. The van der Waals surface area contributed by atoms with Crippen LogP contribution in [-0.2, 0) is 15.0 Å². The molecule has 3 rings (SSSR count). The van der Waals surface area contributed by atoms with Gasteiger partial charge in [0.25, 0.3) is 10.2 Å². The van der Waals surface area contributed by atoms with E-state index in [0.29, 0.717) is 49.1 Å². The van der Waals surface area contributed by atoms with Crippen LogP contribution in [0, 0.1) is 11.8 Å². The molecule has 2 fully saturated rings. The van der Waals surface area contributed by atoms with Crippen LogP contribution in [0.15, 0.2) is 24.3 Å². The monoisotopic (exact) mass is 399 g/mol. The number of benzene rings is 1. The minimum atomic E-state index is -3.48. The lowest BCUT2D eigenvalue weighted by atomic mass is 9.99. The van der Waals surface area contributed by atoms with Gasteiger partial charge in [0, 0.05) is 36.9 Å². The Kier molecular flexibility index (Phi) is 6.22. The molecule has 6 nitrogen and oxygen atoms in total. The molecule has 0 spiro atoms. The minimum absolute atomic E-state index is 0.139. The number of piperidine rings is 2. The normalized spacial score (nSPS) is 23.7. The van der Waals surface area contributed by atoms with Gasteiger partial charge in [-0.2, -0.15) is 17.0 Å². The molecule has 0 aliphatic carbocycles. The van der Waals surface area contributed by atoms with Crippen LogP contribution < -0.4 is 5.32 Å². The molecule has 2 heterocycles. The number of nitrogens with one attached hydrogen (secondary N) is 1. The van der Waals surface area contributed by atoms with Crippen molar-refractivity contribution in [2.75, 3.05) is 31.5 Å². The molecule has 1 aromatic rings. The van der Waals surface area contributed by atoms with Crippen LogP contribution in [0.3, 0.4) is 0 Å². The van der Waals surface area contributed by atoms with E-state index in [-0.39, 0.29) is 18.4 Å². The summed E-state index contributed by atoms with van der Waals surface area (Å²) in [5.74, 6) is 0.0955. The molecule has 1 unspecified atom stereocenters. The van der Waals surface area contributed by atoms with Crippen LogP contribution >= 0.6 is 11.6 Å². The van der Waals surface area contributed by atoms with Crippen LogP contribution in [0.2, 0.25) is 5.02 Å². The van der Waals surface area contributed by atoms with Crippen molar-refractivity contribution in [3.8, 4) is 0 Å². The van der Waals surface area contributed by atoms with E-state index in [2.05, 4.69) is 12.2 Å². The molecule has 144 valence electrons.